The molecule has 0 heterocycles. The van der Waals surface area contributed by atoms with E-state index in [1.54, 1.807) is 0 Å². The molecule has 0 bridgehead atoms. The Bertz CT molecular complexity index is 1080. The fraction of sp³-hybridized carbons (Fsp3) is 0.714. The fourth-order valence-corrected chi connectivity index (χ4v) is 5.55. The molecule has 9 nitrogen and oxygen atoms in total. The van der Waals surface area contributed by atoms with Crippen molar-refractivity contribution < 1.29 is 42.1 Å². The fourth-order valence-electron chi connectivity index (χ4n) is 4.81. The Balaban J connectivity index is 4.54. The monoisotopic (exact) mass is 753 g/mol. The van der Waals surface area contributed by atoms with Crippen LogP contribution in [0.15, 0.2) is 60.8 Å². The Labute approximate surface area is 317 Å². The quantitative estimate of drug-likeness (QED) is 0.0224. The van der Waals surface area contributed by atoms with E-state index in [2.05, 4.69) is 68.5 Å². The summed E-state index contributed by atoms with van der Waals surface area (Å²) in [4.78, 5) is 35.2. The molecular weight excluding hydrogens is 677 g/mol. The summed E-state index contributed by atoms with van der Waals surface area (Å²) in [5, 5.41) is 0. The van der Waals surface area contributed by atoms with Crippen LogP contribution < -0.4 is 0 Å². The van der Waals surface area contributed by atoms with Gasteiger partial charge in [-0.3, -0.25) is 18.6 Å². The molecule has 0 saturated carbocycles. The molecule has 300 valence electrons. The summed E-state index contributed by atoms with van der Waals surface area (Å²) in [6, 6.07) is 0. The number of hydrogen-bond acceptors (Lipinski definition) is 7. The molecule has 0 aromatic heterocycles. The van der Waals surface area contributed by atoms with Gasteiger partial charge in [0.2, 0.25) is 0 Å². The van der Waals surface area contributed by atoms with Gasteiger partial charge in [0.25, 0.3) is 0 Å². The maximum Gasteiger partial charge on any atom is 0.472 e. The lowest BCUT2D eigenvalue weighted by molar-refractivity contribution is -0.870. The molecule has 0 aromatic carbocycles. The van der Waals surface area contributed by atoms with Crippen molar-refractivity contribution in [2.24, 2.45) is 0 Å². The van der Waals surface area contributed by atoms with Crippen molar-refractivity contribution in [2.45, 2.75) is 148 Å². The number of phosphoric ester groups is 1. The summed E-state index contributed by atoms with van der Waals surface area (Å²) in [5.41, 5.74) is 0. The van der Waals surface area contributed by atoms with Gasteiger partial charge >= 0.3 is 19.8 Å². The number of nitrogens with zero attached hydrogens (tertiary/aromatic N) is 1. The minimum atomic E-state index is -4.39. The molecule has 0 aromatic rings. The summed E-state index contributed by atoms with van der Waals surface area (Å²) in [6.07, 6.45) is 39.9. The zero-order valence-corrected chi connectivity index (χ0v) is 34.4. The van der Waals surface area contributed by atoms with Gasteiger partial charge in [-0.1, -0.05) is 120 Å². The van der Waals surface area contributed by atoms with E-state index in [0.29, 0.717) is 23.9 Å². The van der Waals surface area contributed by atoms with Crippen LogP contribution in [0.3, 0.4) is 0 Å². The van der Waals surface area contributed by atoms with Crippen LogP contribution in [0.25, 0.3) is 0 Å². The van der Waals surface area contributed by atoms with Gasteiger partial charge in [-0.2, -0.15) is 0 Å². The number of likely N-dealkylation sites (N-methyl/N-ethyl adjacent to an activating group) is 1. The van der Waals surface area contributed by atoms with Crippen molar-refractivity contribution in [1.82, 2.24) is 0 Å². The molecule has 0 aliphatic heterocycles. The smallest absolute Gasteiger partial charge is 0.462 e. The Morgan fingerprint density at radius 3 is 1.67 bits per heavy atom. The summed E-state index contributed by atoms with van der Waals surface area (Å²) >= 11 is 0. The number of carbonyl (C=O) groups is 2. The number of ether oxygens (including phenoxy) is 2. The Morgan fingerprint density at radius 1 is 0.596 bits per heavy atom. The first-order chi connectivity index (χ1) is 25.0. The first-order valence-corrected chi connectivity index (χ1v) is 21.5. The second kappa shape index (κ2) is 34.5. The predicted octanol–water partition coefficient (Wildman–Crippen LogP) is 10.9. The number of unbranched alkanes of at least 4 members (excludes halogenated alkanes) is 11. The van der Waals surface area contributed by atoms with Crippen molar-refractivity contribution in [3.8, 4) is 0 Å². The van der Waals surface area contributed by atoms with E-state index < -0.39 is 32.5 Å². The van der Waals surface area contributed by atoms with Crippen LogP contribution in [0.5, 0.6) is 0 Å². The van der Waals surface area contributed by atoms with Gasteiger partial charge in [-0.05, 0) is 70.6 Å². The zero-order chi connectivity index (χ0) is 38.6. The van der Waals surface area contributed by atoms with Crippen LogP contribution in [-0.4, -0.2) is 74.9 Å². The van der Waals surface area contributed by atoms with E-state index in [1.165, 1.54) is 38.5 Å². The molecular formula is C42H75NO8P+. The number of esters is 2. The molecule has 0 amide bonds. The second-order valence-electron chi connectivity index (χ2n) is 14.3. The van der Waals surface area contributed by atoms with Crippen molar-refractivity contribution in [2.75, 3.05) is 47.5 Å². The number of allylic oxidation sites excluding steroid dienone is 10. The van der Waals surface area contributed by atoms with E-state index in [9.17, 15) is 19.0 Å². The van der Waals surface area contributed by atoms with Crippen LogP contribution in [0.4, 0.5) is 0 Å². The third kappa shape index (κ3) is 37.5. The molecule has 1 N–H and O–H groups in total. The van der Waals surface area contributed by atoms with E-state index >= 15 is 0 Å². The largest absolute Gasteiger partial charge is 0.472 e. The number of hydrogen-bond donors (Lipinski definition) is 1. The van der Waals surface area contributed by atoms with Gasteiger partial charge in [0.15, 0.2) is 6.10 Å². The molecule has 1 unspecified atom stereocenters. The third-order valence-corrected chi connectivity index (χ3v) is 9.00. The summed E-state index contributed by atoms with van der Waals surface area (Å²) in [5.74, 6) is -0.883. The number of carbonyl (C=O) groups excluding carboxylic acids is 2. The molecule has 0 radical (unpaired) electrons. The van der Waals surface area contributed by atoms with Crippen LogP contribution in [0, 0.1) is 0 Å². The van der Waals surface area contributed by atoms with Crippen LogP contribution in [0.2, 0.25) is 0 Å². The van der Waals surface area contributed by atoms with E-state index in [1.807, 2.05) is 27.2 Å². The van der Waals surface area contributed by atoms with E-state index in [4.69, 9.17) is 18.5 Å². The minimum absolute atomic E-state index is 0.0177. The first kappa shape index (κ1) is 49.7. The van der Waals surface area contributed by atoms with Crippen molar-refractivity contribution in [1.29, 1.82) is 0 Å². The Morgan fingerprint density at radius 2 is 1.08 bits per heavy atom. The van der Waals surface area contributed by atoms with Gasteiger partial charge in [0, 0.05) is 12.8 Å². The van der Waals surface area contributed by atoms with Gasteiger partial charge < -0.3 is 18.9 Å². The van der Waals surface area contributed by atoms with Gasteiger partial charge in [0.1, 0.15) is 19.8 Å². The van der Waals surface area contributed by atoms with E-state index in [-0.39, 0.29) is 26.1 Å². The van der Waals surface area contributed by atoms with Crippen molar-refractivity contribution >= 4 is 19.8 Å². The zero-order valence-electron chi connectivity index (χ0n) is 33.5. The lowest BCUT2D eigenvalue weighted by atomic mass is 10.1. The van der Waals surface area contributed by atoms with E-state index in [0.717, 1.165) is 64.2 Å². The van der Waals surface area contributed by atoms with Gasteiger partial charge in [-0.15, -0.1) is 0 Å². The molecule has 0 saturated heterocycles. The summed E-state index contributed by atoms with van der Waals surface area (Å²) in [7, 11) is 1.43. The normalized spacial score (nSPS) is 14.3. The van der Waals surface area contributed by atoms with Crippen LogP contribution in [0.1, 0.15) is 142 Å². The third-order valence-electron chi connectivity index (χ3n) is 8.02. The van der Waals surface area contributed by atoms with Gasteiger partial charge in [-0.25, -0.2) is 4.57 Å². The molecule has 0 spiro atoms. The maximum atomic E-state index is 12.6. The minimum Gasteiger partial charge on any atom is -0.462 e. The number of phosphoric acid groups is 1. The Hall–Kier alpha value is -2.29. The molecule has 0 aliphatic carbocycles. The highest BCUT2D eigenvalue weighted by molar-refractivity contribution is 7.47. The van der Waals surface area contributed by atoms with Crippen LogP contribution >= 0.6 is 7.82 Å². The molecule has 0 rings (SSSR count). The summed E-state index contributed by atoms with van der Waals surface area (Å²) in [6.45, 7) is 4.25. The molecule has 0 fully saturated rings. The lowest BCUT2D eigenvalue weighted by Gasteiger charge is -2.24. The highest BCUT2D eigenvalue weighted by Crippen LogP contribution is 2.43. The average molecular weight is 753 g/mol. The summed E-state index contributed by atoms with van der Waals surface area (Å²) < 4.78 is 34.1. The standard InChI is InChI=1S/C42H74NO8P/c1-6-8-10-12-14-16-18-19-20-21-22-23-25-27-29-31-33-35-42(45)51-40(39-50-52(46,47)49-37-36-43(3,4)5)38-48-41(44)34-32-30-28-26-24-17-15-13-11-9-7-2/h13-16,19-20,22-23,27,29,40H,6-12,17-18,21,24-26,28,30-39H2,1-5H3/p+1/b15-13+,16-14+,20-19+,23-22+,29-27+/t40-/m1/s1. The first-order valence-electron chi connectivity index (χ1n) is 20.0. The molecule has 2 atom stereocenters. The highest BCUT2D eigenvalue weighted by Gasteiger charge is 2.27. The van der Waals surface area contributed by atoms with Crippen molar-refractivity contribution in [3.63, 3.8) is 0 Å². The highest BCUT2D eigenvalue weighted by atomic mass is 31.2. The second-order valence-corrected chi connectivity index (χ2v) is 15.8. The number of quaternary nitrogens is 1. The van der Waals surface area contributed by atoms with Crippen molar-refractivity contribution in [3.05, 3.63) is 60.8 Å². The predicted molar refractivity (Wildman–Crippen MR) is 215 cm³/mol. The van der Waals surface area contributed by atoms with Crippen LogP contribution in [-0.2, 0) is 32.7 Å². The topological polar surface area (TPSA) is 108 Å². The SMILES string of the molecule is CCCC/C=C/CCCCCCCC(=O)OC[C@H](COP(=O)(O)OCC[N+](C)(C)C)OC(=O)CCC/C=C/C/C=C/C/C=C/C/C=C/CCCCC. The lowest BCUT2D eigenvalue weighted by Crippen LogP contribution is -2.37. The number of rotatable bonds is 35. The Kier molecular flexibility index (Phi) is 33.0. The average Bonchev–Trinajstić information content (AvgIpc) is 3.09. The molecule has 10 heteroatoms. The maximum absolute atomic E-state index is 12.6. The molecule has 0 aliphatic rings. The van der Waals surface area contributed by atoms with Gasteiger partial charge in [0.05, 0.1) is 27.7 Å². The molecule has 52 heavy (non-hydrogen) atoms.